The van der Waals surface area contributed by atoms with Crippen molar-refractivity contribution < 1.29 is 19.4 Å². The van der Waals surface area contributed by atoms with Crippen LogP contribution in [0.1, 0.15) is 67.1 Å². The van der Waals surface area contributed by atoms with Crippen LogP contribution in [0.5, 0.6) is 6.01 Å². The van der Waals surface area contributed by atoms with Gasteiger partial charge in [0, 0.05) is 30.1 Å². The molecule has 1 amide bonds. The summed E-state index contributed by atoms with van der Waals surface area (Å²) in [4.78, 5) is 31.7. The lowest BCUT2D eigenvalue weighted by Crippen LogP contribution is -2.26. The van der Waals surface area contributed by atoms with E-state index in [1.54, 1.807) is 24.5 Å². The lowest BCUT2D eigenvalue weighted by molar-refractivity contribution is -0.136. The maximum absolute atomic E-state index is 12.2. The van der Waals surface area contributed by atoms with Crippen molar-refractivity contribution in [3.05, 3.63) is 77.6 Å². The molecule has 3 rings (SSSR count). The average molecular weight is 462 g/mol. The van der Waals surface area contributed by atoms with Gasteiger partial charge >= 0.3 is 12.0 Å². The van der Waals surface area contributed by atoms with Crippen molar-refractivity contribution in [2.75, 3.05) is 6.54 Å². The molecule has 0 saturated carbocycles. The third kappa shape index (κ3) is 7.13. The number of ether oxygens (including phenoxy) is 1. The Morgan fingerprint density at radius 3 is 2.24 bits per heavy atom. The van der Waals surface area contributed by atoms with Gasteiger partial charge in [0.2, 0.25) is 0 Å². The highest BCUT2D eigenvalue weighted by atomic mass is 16.5. The van der Waals surface area contributed by atoms with Crippen molar-refractivity contribution in [2.45, 2.75) is 52.1 Å². The summed E-state index contributed by atoms with van der Waals surface area (Å²) in [6.07, 6.45) is 6.98. The van der Waals surface area contributed by atoms with Crippen LogP contribution in [0.3, 0.4) is 0 Å². The van der Waals surface area contributed by atoms with Crippen LogP contribution in [0.4, 0.5) is 0 Å². The molecule has 0 saturated heterocycles. The Morgan fingerprint density at radius 2 is 1.65 bits per heavy atom. The Bertz CT molecular complexity index is 1060. The molecule has 0 bridgehead atoms. The second-order valence-corrected chi connectivity index (χ2v) is 8.08. The second-order valence-electron chi connectivity index (χ2n) is 8.08. The maximum atomic E-state index is 12.2. The van der Waals surface area contributed by atoms with E-state index in [2.05, 4.69) is 53.4 Å². The number of carbonyl (C=O) groups excluding carboxylic acids is 1. The summed E-state index contributed by atoms with van der Waals surface area (Å²) in [5.74, 6) is -1.25. The number of nitrogens with zero attached hydrogens (tertiary/aromatic N) is 2. The Kier molecular flexibility index (Phi) is 9.14. The quantitative estimate of drug-likeness (QED) is 0.383. The first-order chi connectivity index (χ1) is 16.5. The molecule has 3 aromatic rings. The third-order valence-electron chi connectivity index (χ3n) is 5.56. The number of hydrogen-bond donors (Lipinski definition) is 2. The predicted octanol–water partition coefficient (Wildman–Crippen LogP) is 5.22. The Labute approximate surface area is 200 Å². The summed E-state index contributed by atoms with van der Waals surface area (Å²) in [7, 11) is 0. The number of aryl methyl sites for hydroxylation is 1. The molecule has 0 aliphatic carbocycles. The second kappa shape index (κ2) is 12.5. The van der Waals surface area contributed by atoms with Gasteiger partial charge in [-0.05, 0) is 48.1 Å². The van der Waals surface area contributed by atoms with Crippen molar-refractivity contribution in [2.24, 2.45) is 0 Å². The first kappa shape index (κ1) is 24.9. The molecular formula is C27H31N3O4. The minimum Gasteiger partial charge on any atom is -0.481 e. The van der Waals surface area contributed by atoms with Gasteiger partial charge in [-0.2, -0.15) is 0 Å². The number of nitrogens with one attached hydrogen (secondary N) is 1. The molecule has 0 fully saturated rings. The van der Waals surface area contributed by atoms with Crippen molar-refractivity contribution in [1.29, 1.82) is 0 Å². The Hall–Kier alpha value is -3.74. The van der Waals surface area contributed by atoms with Gasteiger partial charge in [-0.3, -0.25) is 9.59 Å². The molecule has 0 aliphatic heterocycles. The monoisotopic (exact) mass is 461 g/mol. The highest BCUT2D eigenvalue weighted by molar-refractivity contribution is 5.94. The zero-order valence-corrected chi connectivity index (χ0v) is 19.7. The Balaban J connectivity index is 1.68. The molecule has 1 heterocycles. The molecule has 7 nitrogen and oxygen atoms in total. The van der Waals surface area contributed by atoms with Crippen LogP contribution in [-0.2, 0) is 11.2 Å². The van der Waals surface area contributed by atoms with E-state index in [1.807, 2.05) is 12.1 Å². The topological polar surface area (TPSA) is 101 Å². The predicted molar refractivity (Wildman–Crippen MR) is 131 cm³/mol. The highest BCUT2D eigenvalue weighted by Crippen LogP contribution is 2.26. The summed E-state index contributed by atoms with van der Waals surface area (Å²) >= 11 is 0. The summed E-state index contributed by atoms with van der Waals surface area (Å²) in [5.41, 5.74) is 4.67. The van der Waals surface area contributed by atoms with Gasteiger partial charge in [0.25, 0.3) is 5.91 Å². The van der Waals surface area contributed by atoms with E-state index in [9.17, 15) is 9.59 Å². The lowest BCUT2D eigenvalue weighted by atomic mass is 10.0. The smallest absolute Gasteiger partial charge is 0.316 e. The van der Waals surface area contributed by atoms with Crippen LogP contribution >= 0.6 is 0 Å². The average Bonchev–Trinajstić information content (AvgIpc) is 2.87. The van der Waals surface area contributed by atoms with Gasteiger partial charge in [-0.25, -0.2) is 9.97 Å². The fourth-order valence-electron chi connectivity index (χ4n) is 3.50. The van der Waals surface area contributed by atoms with Crippen molar-refractivity contribution in [1.82, 2.24) is 15.3 Å². The molecule has 1 aromatic heterocycles. The number of hydrogen-bond acceptors (Lipinski definition) is 5. The Morgan fingerprint density at radius 1 is 0.971 bits per heavy atom. The number of unbranched alkanes of at least 4 members (excludes halogenated alkanes) is 1. The van der Waals surface area contributed by atoms with Gasteiger partial charge in [0.05, 0.1) is 6.42 Å². The zero-order valence-electron chi connectivity index (χ0n) is 19.7. The van der Waals surface area contributed by atoms with E-state index in [0.29, 0.717) is 11.6 Å². The largest absolute Gasteiger partial charge is 0.481 e. The number of amides is 1. The van der Waals surface area contributed by atoms with E-state index in [4.69, 9.17) is 9.84 Å². The molecule has 7 heteroatoms. The SMILES string of the molecule is CCCCC(Oc1ncc(-c2ccc(CC)cc2)cn1)c1ccc(C(=O)NCCC(=O)O)cc1. The van der Waals surface area contributed by atoms with Crippen LogP contribution in [0.15, 0.2) is 60.9 Å². The molecule has 2 aromatic carbocycles. The molecule has 1 unspecified atom stereocenters. The number of aliphatic carboxylic acids is 1. The van der Waals surface area contributed by atoms with Crippen LogP contribution in [0.25, 0.3) is 11.1 Å². The lowest BCUT2D eigenvalue weighted by Gasteiger charge is -2.18. The molecule has 34 heavy (non-hydrogen) atoms. The molecule has 2 N–H and O–H groups in total. The number of aromatic nitrogens is 2. The number of carbonyl (C=O) groups is 2. The van der Waals surface area contributed by atoms with Crippen molar-refractivity contribution >= 4 is 11.9 Å². The molecule has 0 spiro atoms. The minimum atomic E-state index is -0.948. The van der Waals surface area contributed by atoms with Gasteiger partial charge < -0.3 is 15.2 Å². The maximum Gasteiger partial charge on any atom is 0.316 e. The van der Waals surface area contributed by atoms with Crippen LogP contribution in [-0.4, -0.2) is 33.5 Å². The number of carboxylic acid groups (broad SMARTS) is 1. The van der Waals surface area contributed by atoms with Crippen LogP contribution in [0.2, 0.25) is 0 Å². The van der Waals surface area contributed by atoms with Crippen molar-refractivity contribution in [3.63, 3.8) is 0 Å². The molecule has 1 atom stereocenters. The number of carboxylic acids is 1. The number of benzene rings is 2. The van der Waals surface area contributed by atoms with Gasteiger partial charge in [-0.1, -0.05) is 56.7 Å². The normalized spacial score (nSPS) is 11.6. The van der Waals surface area contributed by atoms with Crippen LogP contribution < -0.4 is 10.1 Å². The molecule has 0 aliphatic rings. The fraction of sp³-hybridized carbons (Fsp3) is 0.333. The first-order valence-corrected chi connectivity index (χ1v) is 11.7. The highest BCUT2D eigenvalue weighted by Gasteiger charge is 2.16. The molecule has 178 valence electrons. The fourth-order valence-corrected chi connectivity index (χ4v) is 3.50. The van der Waals surface area contributed by atoms with E-state index in [-0.39, 0.29) is 25.0 Å². The minimum absolute atomic E-state index is 0.0915. The molecule has 0 radical (unpaired) electrons. The summed E-state index contributed by atoms with van der Waals surface area (Å²) in [6, 6.07) is 15.8. The van der Waals surface area contributed by atoms with Gasteiger partial charge in [-0.15, -0.1) is 0 Å². The van der Waals surface area contributed by atoms with E-state index in [1.165, 1.54) is 5.56 Å². The number of rotatable bonds is 12. The van der Waals surface area contributed by atoms with Gasteiger partial charge in [0.15, 0.2) is 0 Å². The zero-order chi connectivity index (χ0) is 24.3. The summed E-state index contributed by atoms with van der Waals surface area (Å²) in [5, 5.41) is 11.3. The van der Waals surface area contributed by atoms with Crippen molar-refractivity contribution in [3.8, 4) is 17.1 Å². The van der Waals surface area contributed by atoms with Crippen LogP contribution in [0, 0.1) is 0 Å². The van der Waals surface area contributed by atoms with E-state index in [0.717, 1.165) is 42.4 Å². The summed E-state index contributed by atoms with van der Waals surface area (Å²) in [6.45, 7) is 4.34. The standard InChI is InChI=1S/C27H31N3O4/c1-3-5-6-24(21-11-13-22(14-12-21)26(33)28-16-15-25(31)32)34-27-29-17-23(18-30-27)20-9-7-19(4-2)8-10-20/h7-14,17-18,24H,3-6,15-16H2,1-2H3,(H,28,33)(H,31,32). The van der Waals surface area contributed by atoms with E-state index < -0.39 is 5.97 Å². The van der Waals surface area contributed by atoms with E-state index >= 15 is 0 Å². The first-order valence-electron chi connectivity index (χ1n) is 11.7. The summed E-state index contributed by atoms with van der Waals surface area (Å²) < 4.78 is 6.13. The third-order valence-corrected chi connectivity index (χ3v) is 5.56. The molecular weight excluding hydrogens is 430 g/mol. The van der Waals surface area contributed by atoms with Gasteiger partial charge in [0.1, 0.15) is 6.10 Å².